The number of carbonyl (C=O) groups is 8. The van der Waals surface area contributed by atoms with Crippen LogP contribution in [-0.4, -0.2) is 110 Å². The van der Waals surface area contributed by atoms with Gasteiger partial charge in [0.1, 0.15) is 0 Å². The first-order valence-electron chi connectivity index (χ1n) is 19.3. The summed E-state index contributed by atoms with van der Waals surface area (Å²) in [6.07, 6.45) is -7.77. The van der Waals surface area contributed by atoms with Gasteiger partial charge in [-0.1, -0.05) is 41.5 Å². The molecule has 0 aromatic heterocycles. The Bertz CT molecular complexity index is 1260. The van der Waals surface area contributed by atoms with Gasteiger partial charge in [-0.2, -0.15) is 0 Å². The second kappa shape index (κ2) is 25.6. The van der Waals surface area contributed by atoms with Crippen molar-refractivity contribution in [1.29, 1.82) is 0 Å². The molecule has 0 aromatic rings. The van der Waals surface area contributed by atoms with Crippen molar-refractivity contribution in [2.75, 3.05) is 13.2 Å². The zero-order chi connectivity index (χ0) is 41.6. The molecule has 2 fully saturated rings. The van der Waals surface area contributed by atoms with E-state index >= 15 is 0 Å². The molecule has 0 saturated carbocycles. The van der Waals surface area contributed by atoms with Crippen LogP contribution in [0.1, 0.15) is 119 Å². The molecule has 2 saturated heterocycles. The van der Waals surface area contributed by atoms with Crippen LogP contribution in [0.15, 0.2) is 12.2 Å². The van der Waals surface area contributed by atoms with E-state index in [1.165, 1.54) is 0 Å². The summed E-state index contributed by atoms with van der Waals surface area (Å²) in [6.45, 7) is 9.66. The van der Waals surface area contributed by atoms with Crippen LogP contribution >= 0.6 is 0 Å². The second-order valence-corrected chi connectivity index (χ2v) is 13.0. The molecule has 0 radical (unpaired) electrons. The first-order valence-corrected chi connectivity index (χ1v) is 19.3. The lowest BCUT2D eigenvalue weighted by Gasteiger charge is -2.40. The summed E-state index contributed by atoms with van der Waals surface area (Å²) in [4.78, 5) is 101. The molecule has 0 amide bonds. The lowest BCUT2D eigenvalue weighted by atomic mass is 10.0. The number of esters is 8. The van der Waals surface area contributed by atoms with Crippen molar-refractivity contribution in [2.45, 2.75) is 168 Å². The minimum atomic E-state index is -1.67. The summed E-state index contributed by atoms with van der Waals surface area (Å²) in [6, 6.07) is 0. The van der Waals surface area contributed by atoms with E-state index in [-0.39, 0.29) is 38.5 Å². The Labute approximate surface area is 326 Å². The van der Waals surface area contributed by atoms with E-state index in [0.717, 1.165) is 0 Å². The van der Waals surface area contributed by atoms with Crippen LogP contribution in [0.25, 0.3) is 0 Å². The summed E-state index contributed by atoms with van der Waals surface area (Å²) in [7, 11) is 0. The summed E-state index contributed by atoms with van der Waals surface area (Å²) < 4.78 is 55.2. The molecule has 8 atom stereocenters. The lowest BCUT2D eigenvalue weighted by molar-refractivity contribution is -0.274. The number of carbonyl (C=O) groups excluding carboxylic acids is 8. The predicted molar refractivity (Wildman–Crippen MR) is 190 cm³/mol. The van der Waals surface area contributed by atoms with Crippen LogP contribution in [0, 0.1) is 0 Å². The first-order chi connectivity index (χ1) is 26.8. The minimum absolute atomic E-state index is 0.00609. The molecule has 56 heavy (non-hydrogen) atoms. The van der Waals surface area contributed by atoms with Crippen molar-refractivity contribution >= 4 is 47.8 Å². The van der Waals surface area contributed by atoms with Gasteiger partial charge in [-0.15, -0.1) is 0 Å². The second-order valence-electron chi connectivity index (χ2n) is 13.0. The topological polar surface area (TPSA) is 229 Å². The number of hydrogen-bond donors (Lipinski definition) is 0. The molecule has 316 valence electrons. The zero-order valence-corrected chi connectivity index (χ0v) is 33.0. The SMILES string of the molecule is CCCC(=O)O[C@@H]1[C@@H](OC(=O)CCC)[C@@H](OC(=O)/C=C/C(=O)O[C@H]2OC[C@H](OC(=O)CCC)[C@H](OC(=O)CCC)[C@H]2OC(=O)CCC)OC[C@@H]1OC(=O)CCC. The smallest absolute Gasteiger partial charge is 0.333 e. The Balaban J connectivity index is 2.31. The zero-order valence-electron chi connectivity index (χ0n) is 33.0. The monoisotopic (exact) mass is 800 g/mol. The van der Waals surface area contributed by atoms with Crippen molar-refractivity contribution in [1.82, 2.24) is 0 Å². The van der Waals surface area contributed by atoms with Gasteiger partial charge < -0.3 is 47.4 Å². The van der Waals surface area contributed by atoms with E-state index in [1.54, 1.807) is 41.5 Å². The number of hydrogen-bond acceptors (Lipinski definition) is 18. The molecule has 18 nitrogen and oxygen atoms in total. The summed E-state index contributed by atoms with van der Waals surface area (Å²) in [5, 5.41) is 0. The molecule has 0 bridgehead atoms. The van der Waals surface area contributed by atoms with Gasteiger partial charge in [-0.3, -0.25) is 28.8 Å². The van der Waals surface area contributed by atoms with Gasteiger partial charge in [0.2, 0.25) is 24.8 Å². The van der Waals surface area contributed by atoms with Crippen molar-refractivity contribution in [3.05, 3.63) is 12.2 Å². The largest absolute Gasteiger partial charge is 0.456 e. The molecule has 2 aliphatic rings. The average molecular weight is 801 g/mol. The van der Waals surface area contributed by atoms with Crippen molar-refractivity contribution < 1.29 is 85.7 Å². The van der Waals surface area contributed by atoms with Gasteiger partial charge >= 0.3 is 47.8 Å². The van der Waals surface area contributed by atoms with Crippen LogP contribution < -0.4 is 0 Å². The van der Waals surface area contributed by atoms with Gasteiger partial charge in [-0.05, 0) is 38.5 Å². The molecule has 2 heterocycles. The lowest BCUT2D eigenvalue weighted by Crippen LogP contribution is -2.58. The van der Waals surface area contributed by atoms with Crippen LogP contribution in [0.5, 0.6) is 0 Å². The van der Waals surface area contributed by atoms with E-state index in [4.69, 9.17) is 47.4 Å². The highest BCUT2D eigenvalue weighted by atomic mass is 16.7. The van der Waals surface area contributed by atoms with Crippen LogP contribution in [0.2, 0.25) is 0 Å². The molecular formula is C38H56O18. The maximum absolute atomic E-state index is 13.0. The fraction of sp³-hybridized carbons (Fsp3) is 0.737. The van der Waals surface area contributed by atoms with E-state index in [1.807, 2.05) is 0 Å². The molecule has 0 N–H and O–H groups in total. The molecule has 0 spiro atoms. The van der Waals surface area contributed by atoms with Crippen molar-refractivity contribution in [3.8, 4) is 0 Å². The maximum atomic E-state index is 13.0. The van der Waals surface area contributed by atoms with Gasteiger partial charge in [0.25, 0.3) is 0 Å². The minimum Gasteiger partial charge on any atom is -0.456 e. The first kappa shape index (κ1) is 47.6. The summed E-state index contributed by atoms with van der Waals surface area (Å²) in [5.41, 5.74) is 0. The van der Waals surface area contributed by atoms with Crippen molar-refractivity contribution in [3.63, 3.8) is 0 Å². The molecule has 0 unspecified atom stereocenters. The normalized spacial score (nSPS) is 24.6. The molecule has 0 aromatic carbocycles. The Morgan fingerprint density at radius 3 is 0.911 bits per heavy atom. The quantitative estimate of drug-likeness (QED) is 0.0865. The van der Waals surface area contributed by atoms with Gasteiger partial charge in [-0.25, -0.2) is 9.59 Å². The van der Waals surface area contributed by atoms with Crippen LogP contribution in [0.4, 0.5) is 0 Å². The third-order valence-electron chi connectivity index (χ3n) is 7.95. The fourth-order valence-electron chi connectivity index (χ4n) is 5.39. The van der Waals surface area contributed by atoms with E-state index in [0.29, 0.717) is 50.7 Å². The van der Waals surface area contributed by atoms with E-state index in [9.17, 15) is 38.4 Å². The Hall–Kier alpha value is -4.58. The molecule has 2 aliphatic heterocycles. The van der Waals surface area contributed by atoms with Crippen LogP contribution in [0.3, 0.4) is 0 Å². The Kier molecular flexibility index (Phi) is 21.7. The van der Waals surface area contributed by atoms with E-state index in [2.05, 4.69) is 0 Å². The Morgan fingerprint density at radius 2 is 0.643 bits per heavy atom. The highest BCUT2D eigenvalue weighted by molar-refractivity contribution is 5.91. The maximum Gasteiger partial charge on any atom is 0.333 e. The number of rotatable bonds is 22. The predicted octanol–water partition coefficient (Wildman–Crippen LogP) is 3.61. The molecular weight excluding hydrogens is 744 g/mol. The van der Waals surface area contributed by atoms with E-state index < -0.39 is 110 Å². The third-order valence-corrected chi connectivity index (χ3v) is 7.95. The molecule has 0 aliphatic carbocycles. The van der Waals surface area contributed by atoms with Crippen molar-refractivity contribution in [2.24, 2.45) is 0 Å². The van der Waals surface area contributed by atoms with Gasteiger partial charge in [0.05, 0.1) is 13.2 Å². The average Bonchev–Trinajstić information content (AvgIpc) is 3.12. The summed E-state index contributed by atoms with van der Waals surface area (Å²) in [5.74, 6) is -6.44. The highest BCUT2D eigenvalue weighted by Crippen LogP contribution is 2.28. The standard InChI is InChI=1S/C38H56O18/c1-7-13-25(39)49-23-21-47-37(35(53-29(43)17-11-5)33(23)51-27(41)15-9-3)55-31(45)19-20-32(46)56-38-36(54-30(44)18-12-6)34(52-28(42)16-10-4)24(22-48-38)50-26(40)14-8-2/h19-20,23-24,33-38H,7-18,21-22H2,1-6H3/b20-19+/t23-,24-,33-,34-,35+,36+,37+,38+/m0/s1. The van der Waals surface area contributed by atoms with Crippen LogP contribution in [-0.2, 0) is 85.7 Å². The number of ether oxygens (including phenoxy) is 10. The summed E-state index contributed by atoms with van der Waals surface area (Å²) >= 11 is 0. The molecule has 2 rings (SSSR count). The third kappa shape index (κ3) is 16.3. The highest BCUT2D eigenvalue weighted by Gasteiger charge is 2.50. The van der Waals surface area contributed by atoms with Gasteiger partial charge in [0, 0.05) is 50.7 Å². The van der Waals surface area contributed by atoms with Gasteiger partial charge in [0.15, 0.2) is 24.4 Å². The molecule has 18 heteroatoms. The Morgan fingerprint density at radius 1 is 0.393 bits per heavy atom. The fourth-order valence-corrected chi connectivity index (χ4v) is 5.39.